The van der Waals surface area contributed by atoms with Gasteiger partial charge in [0.05, 0.1) is 0 Å². The summed E-state index contributed by atoms with van der Waals surface area (Å²) in [6.07, 6.45) is 2.65. The maximum atomic E-state index is 2.61. The van der Waals surface area contributed by atoms with E-state index in [4.69, 9.17) is 0 Å². The van der Waals surface area contributed by atoms with Crippen molar-refractivity contribution in [1.29, 1.82) is 0 Å². The van der Waals surface area contributed by atoms with Crippen molar-refractivity contribution in [2.24, 2.45) is 11.8 Å². The van der Waals surface area contributed by atoms with Crippen molar-refractivity contribution in [2.45, 2.75) is 60.4 Å². The van der Waals surface area contributed by atoms with Crippen LogP contribution in [0.15, 0.2) is 11.3 Å². The quantitative estimate of drug-likeness (QED) is 0.677. The Morgan fingerprint density at radius 1 is 0.933 bits per heavy atom. The first-order valence-electron chi connectivity index (χ1n) is 6.44. The minimum absolute atomic E-state index is 0.649. The highest BCUT2D eigenvalue weighted by Gasteiger charge is 2.25. The molecule has 0 aromatic carbocycles. The molecule has 15 heavy (non-hydrogen) atoms. The lowest BCUT2D eigenvalue weighted by atomic mass is 9.87. The number of hydrogen-bond acceptors (Lipinski definition) is 1. The van der Waals surface area contributed by atoms with Crippen molar-refractivity contribution in [2.75, 3.05) is 6.54 Å². The second-order valence-electron chi connectivity index (χ2n) is 5.61. The summed E-state index contributed by atoms with van der Waals surface area (Å²) >= 11 is 0. The highest BCUT2D eigenvalue weighted by Crippen LogP contribution is 2.33. The average molecular weight is 209 g/mol. The Hall–Kier alpha value is -0.460. The lowest BCUT2D eigenvalue weighted by Crippen LogP contribution is -2.37. The van der Waals surface area contributed by atoms with E-state index in [0.29, 0.717) is 17.9 Å². The zero-order valence-corrected chi connectivity index (χ0v) is 11.3. The first-order chi connectivity index (χ1) is 6.95. The molecule has 0 amide bonds. The van der Waals surface area contributed by atoms with Gasteiger partial charge in [-0.1, -0.05) is 27.7 Å². The molecule has 0 unspecified atom stereocenters. The number of allylic oxidation sites excluding steroid dienone is 2. The van der Waals surface area contributed by atoms with Gasteiger partial charge in [0.1, 0.15) is 0 Å². The summed E-state index contributed by atoms with van der Waals surface area (Å²) in [6.45, 7) is 15.2. The SMILES string of the molecule is CC(C)C1=C(C(C)C)N(C(C)C)CCC1. The van der Waals surface area contributed by atoms with Gasteiger partial charge in [0.2, 0.25) is 0 Å². The fourth-order valence-electron chi connectivity index (χ4n) is 2.70. The van der Waals surface area contributed by atoms with E-state index in [-0.39, 0.29) is 0 Å². The van der Waals surface area contributed by atoms with Crippen LogP contribution in [0.4, 0.5) is 0 Å². The monoisotopic (exact) mass is 209 g/mol. The van der Waals surface area contributed by atoms with Crippen LogP contribution < -0.4 is 0 Å². The van der Waals surface area contributed by atoms with Gasteiger partial charge in [-0.3, -0.25) is 0 Å². The molecule has 0 atom stereocenters. The topological polar surface area (TPSA) is 3.24 Å². The Morgan fingerprint density at radius 3 is 1.93 bits per heavy atom. The Balaban J connectivity index is 3.06. The summed E-state index contributed by atoms with van der Waals surface area (Å²) < 4.78 is 0. The largest absolute Gasteiger partial charge is 0.372 e. The molecule has 0 saturated heterocycles. The number of rotatable bonds is 3. The Labute approximate surface area is 95.5 Å². The van der Waals surface area contributed by atoms with Gasteiger partial charge in [-0.2, -0.15) is 0 Å². The van der Waals surface area contributed by atoms with Crippen LogP contribution in [0.3, 0.4) is 0 Å². The molecule has 88 valence electrons. The van der Waals surface area contributed by atoms with Gasteiger partial charge in [0, 0.05) is 18.3 Å². The Morgan fingerprint density at radius 2 is 1.53 bits per heavy atom. The van der Waals surface area contributed by atoms with Crippen LogP contribution in [-0.2, 0) is 0 Å². The van der Waals surface area contributed by atoms with Crippen LogP contribution in [0.5, 0.6) is 0 Å². The van der Waals surface area contributed by atoms with E-state index in [2.05, 4.69) is 46.4 Å². The third-order valence-corrected chi connectivity index (χ3v) is 3.35. The zero-order chi connectivity index (χ0) is 11.6. The molecule has 1 heteroatoms. The molecule has 0 bridgehead atoms. The normalized spacial score (nSPS) is 18.6. The second kappa shape index (κ2) is 5.05. The van der Waals surface area contributed by atoms with Crippen LogP contribution >= 0.6 is 0 Å². The van der Waals surface area contributed by atoms with Crippen molar-refractivity contribution in [3.8, 4) is 0 Å². The number of nitrogens with zero attached hydrogens (tertiary/aromatic N) is 1. The summed E-state index contributed by atoms with van der Waals surface area (Å²) in [5.74, 6) is 1.38. The molecule has 0 spiro atoms. The van der Waals surface area contributed by atoms with Crippen LogP contribution in [0, 0.1) is 11.8 Å². The van der Waals surface area contributed by atoms with Gasteiger partial charge in [0.15, 0.2) is 0 Å². The Kier molecular flexibility index (Phi) is 4.24. The van der Waals surface area contributed by atoms with Crippen molar-refractivity contribution in [3.63, 3.8) is 0 Å². The predicted molar refractivity (Wildman–Crippen MR) is 67.8 cm³/mol. The minimum Gasteiger partial charge on any atom is -0.372 e. The fourth-order valence-corrected chi connectivity index (χ4v) is 2.70. The van der Waals surface area contributed by atoms with Gasteiger partial charge >= 0.3 is 0 Å². The maximum absolute atomic E-state index is 2.61. The molecular weight excluding hydrogens is 182 g/mol. The second-order valence-corrected chi connectivity index (χ2v) is 5.61. The summed E-state index contributed by atoms with van der Waals surface area (Å²) in [7, 11) is 0. The first-order valence-corrected chi connectivity index (χ1v) is 6.44. The van der Waals surface area contributed by atoms with E-state index >= 15 is 0 Å². The zero-order valence-electron chi connectivity index (χ0n) is 11.3. The molecule has 0 saturated carbocycles. The molecule has 1 rings (SSSR count). The molecule has 1 nitrogen and oxygen atoms in total. The van der Waals surface area contributed by atoms with E-state index in [1.165, 1.54) is 19.4 Å². The molecule has 0 aromatic heterocycles. The molecule has 0 aromatic rings. The lowest BCUT2D eigenvalue weighted by molar-refractivity contribution is 0.231. The van der Waals surface area contributed by atoms with Crippen LogP contribution in [0.2, 0.25) is 0 Å². The highest BCUT2D eigenvalue weighted by atomic mass is 15.2. The van der Waals surface area contributed by atoms with Crippen LogP contribution in [0.25, 0.3) is 0 Å². The fraction of sp³-hybridized carbons (Fsp3) is 0.857. The van der Waals surface area contributed by atoms with Gasteiger partial charge in [0.25, 0.3) is 0 Å². The van der Waals surface area contributed by atoms with Crippen molar-refractivity contribution < 1.29 is 0 Å². The smallest absolute Gasteiger partial charge is 0.0230 e. The molecule has 0 N–H and O–H groups in total. The van der Waals surface area contributed by atoms with E-state index in [9.17, 15) is 0 Å². The van der Waals surface area contributed by atoms with E-state index in [1.807, 2.05) is 0 Å². The van der Waals surface area contributed by atoms with Gasteiger partial charge < -0.3 is 4.90 Å². The molecular formula is C14H27N. The van der Waals surface area contributed by atoms with Gasteiger partial charge in [-0.05, 0) is 44.1 Å². The molecule has 1 aliphatic rings. The third kappa shape index (κ3) is 2.76. The molecule has 0 aliphatic carbocycles. The Bertz CT molecular complexity index is 236. The summed E-state index contributed by atoms with van der Waals surface area (Å²) in [5, 5.41) is 0. The maximum Gasteiger partial charge on any atom is 0.0230 e. The van der Waals surface area contributed by atoms with Gasteiger partial charge in [-0.15, -0.1) is 0 Å². The average Bonchev–Trinajstić information content (AvgIpc) is 2.16. The summed E-state index contributed by atoms with van der Waals surface area (Å²) in [4.78, 5) is 2.61. The highest BCUT2D eigenvalue weighted by molar-refractivity contribution is 5.20. The molecule has 0 radical (unpaired) electrons. The van der Waals surface area contributed by atoms with E-state index < -0.39 is 0 Å². The van der Waals surface area contributed by atoms with E-state index in [1.54, 1.807) is 11.3 Å². The molecule has 1 heterocycles. The summed E-state index contributed by atoms with van der Waals surface area (Å²) in [5.41, 5.74) is 3.33. The number of hydrogen-bond donors (Lipinski definition) is 0. The predicted octanol–water partition coefficient (Wildman–Crippen LogP) is 4.06. The van der Waals surface area contributed by atoms with Crippen LogP contribution in [-0.4, -0.2) is 17.5 Å². The molecule has 1 aliphatic heterocycles. The van der Waals surface area contributed by atoms with Crippen molar-refractivity contribution in [1.82, 2.24) is 4.90 Å². The first kappa shape index (κ1) is 12.6. The van der Waals surface area contributed by atoms with E-state index in [0.717, 1.165) is 0 Å². The minimum atomic E-state index is 0.649. The summed E-state index contributed by atoms with van der Waals surface area (Å²) in [6, 6.07) is 0.649. The van der Waals surface area contributed by atoms with Crippen molar-refractivity contribution >= 4 is 0 Å². The van der Waals surface area contributed by atoms with Crippen molar-refractivity contribution in [3.05, 3.63) is 11.3 Å². The molecule has 0 fully saturated rings. The van der Waals surface area contributed by atoms with Crippen LogP contribution in [0.1, 0.15) is 54.4 Å². The van der Waals surface area contributed by atoms with Gasteiger partial charge in [-0.25, -0.2) is 0 Å². The third-order valence-electron chi connectivity index (χ3n) is 3.35. The standard InChI is InChI=1S/C14H27N/c1-10(2)13-8-7-9-15(12(5)6)14(13)11(3)4/h10-12H,7-9H2,1-6H3. The lowest BCUT2D eigenvalue weighted by Gasteiger charge is -2.40.